The fourth-order valence-corrected chi connectivity index (χ4v) is 2.22. The number of H-pyrrole nitrogens is 2. The van der Waals surface area contributed by atoms with Crippen LogP contribution in [-0.2, 0) is 0 Å². The van der Waals surface area contributed by atoms with E-state index in [-0.39, 0.29) is 5.69 Å². The number of nitrogens with one attached hydrogen (secondary N) is 2. The van der Waals surface area contributed by atoms with Crippen molar-refractivity contribution in [3.63, 3.8) is 0 Å². The van der Waals surface area contributed by atoms with Crippen molar-refractivity contribution in [3.05, 3.63) is 62.5 Å². The molecule has 1 aromatic heterocycles. The summed E-state index contributed by atoms with van der Waals surface area (Å²) in [6.45, 7) is 0. The number of nitrogens with zero attached hydrogens (tertiary/aromatic N) is 1. The second kappa shape index (κ2) is 5.15. The molecule has 0 bridgehead atoms. The van der Waals surface area contributed by atoms with Crippen LogP contribution >= 0.6 is 23.2 Å². The zero-order valence-corrected chi connectivity index (χ0v) is 11.7. The molecule has 3 aromatic rings. The molecule has 4 nitrogen and oxygen atoms in total. The lowest BCUT2D eigenvalue weighted by Gasteiger charge is -1.99. The van der Waals surface area contributed by atoms with Crippen LogP contribution in [0.4, 0.5) is 5.69 Å². The van der Waals surface area contributed by atoms with Gasteiger partial charge in [-0.25, -0.2) is 4.79 Å². The van der Waals surface area contributed by atoms with Crippen LogP contribution in [0.5, 0.6) is 0 Å². The molecule has 0 saturated carbocycles. The molecule has 0 fully saturated rings. The van der Waals surface area contributed by atoms with Gasteiger partial charge in [-0.1, -0.05) is 35.3 Å². The van der Waals surface area contributed by atoms with E-state index in [9.17, 15) is 4.79 Å². The molecule has 0 aliphatic heterocycles. The number of aromatic nitrogens is 2. The van der Waals surface area contributed by atoms with E-state index >= 15 is 0 Å². The topological polar surface area (TPSA) is 61.0 Å². The van der Waals surface area contributed by atoms with E-state index in [1.807, 2.05) is 12.1 Å². The zero-order chi connectivity index (χ0) is 14.1. The summed E-state index contributed by atoms with van der Waals surface area (Å²) in [5.41, 5.74) is 2.67. The molecule has 0 spiro atoms. The summed E-state index contributed by atoms with van der Waals surface area (Å²) in [5.74, 6) is 0. The largest absolute Gasteiger partial charge is 0.323 e. The van der Waals surface area contributed by atoms with Gasteiger partial charge in [-0.3, -0.25) is 4.99 Å². The molecule has 0 aliphatic carbocycles. The Bertz CT molecular complexity index is 864. The van der Waals surface area contributed by atoms with Crippen molar-refractivity contribution in [2.75, 3.05) is 0 Å². The maximum atomic E-state index is 11.2. The summed E-state index contributed by atoms with van der Waals surface area (Å²) in [7, 11) is 0. The van der Waals surface area contributed by atoms with Crippen molar-refractivity contribution in [2.45, 2.75) is 0 Å². The molecular weight excluding hydrogens is 297 g/mol. The average molecular weight is 306 g/mol. The lowest BCUT2D eigenvalue weighted by Crippen LogP contribution is -1.99. The molecule has 3 rings (SSSR count). The van der Waals surface area contributed by atoms with Gasteiger partial charge >= 0.3 is 5.69 Å². The molecular formula is C14H9Cl2N3O. The second-order valence-corrected chi connectivity index (χ2v) is 5.00. The SMILES string of the molecule is O=c1[nH]c2ccc(N=Cc3cccc(Cl)c3Cl)cc2[nH]1. The first-order valence-electron chi connectivity index (χ1n) is 5.83. The van der Waals surface area contributed by atoms with Gasteiger partial charge in [-0.15, -0.1) is 0 Å². The van der Waals surface area contributed by atoms with E-state index < -0.39 is 0 Å². The van der Waals surface area contributed by atoms with Crippen molar-refractivity contribution < 1.29 is 0 Å². The van der Waals surface area contributed by atoms with Crippen molar-refractivity contribution >= 4 is 46.1 Å². The molecule has 0 amide bonds. The Labute approximate surface area is 124 Å². The molecule has 6 heteroatoms. The van der Waals surface area contributed by atoms with Crippen LogP contribution in [-0.4, -0.2) is 16.2 Å². The monoisotopic (exact) mass is 305 g/mol. The van der Waals surface area contributed by atoms with E-state index in [2.05, 4.69) is 15.0 Å². The van der Waals surface area contributed by atoms with Crippen molar-refractivity contribution in [2.24, 2.45) is 4.99 Å². The third-order valence-corrected chi connectivity index (χ3v) is 3.67. The number of hydrogen-bond acceptors (Lipinski definition) is 2. The first-order valence-corrected chi connectivity index (χ1v) is 6.59. The third-order valence-electron chi connectivity index (χ3n) is 2.83. The third kappa shape index (κ3) is 2.48. The summed E-state index contributed by atoms with van der Waals surface area (Å²) in [5, 5.41) is 0.954. The lowest BCUT2D eigenvalue weighted by molar-refractivity contribution is 1.21. The van der Waals surface area contributed by atoms with Gasteiger partial charge in [0.05, 0.1) is 26.8 Å². The van der Waals surface area contributed by atoms with Crippen LogP contribution in [0.25, 0.3) is 11.0 Å². The van der Waals surface area contributed by atoms with Crippen LogP contribution in [0.2, 0.25) is 10.0 Å². The molecule has 0 unspecified atom stereocenters. The summed E-state index contributed by atoms with van der Waals surface area (Å²) in [6, 6.07) is 10.7. The summed E-state index contributed by atoms with van der Waals surface area (Å²) >= 11 is 12.0. The quantitative estimate of drug-likeness (QED) is 0.693. The maximum absolute atomic E-state index is 11.2. The first kappa shape index (κ1) is 13.0. The van der Waals surface area contributed by atoms with Crippen LogP contribution in [0.15, 0.2) is 46.2 Å². The number of halogens is 2. The van der Waals surface area contributed by atoms with Gasteiger partial charge in [-0.2, -0.15) is 0 Å². The summed E-state index contributed by atoms with van der Waals surface area (Å²) in [6.07, 6.45) is 1.64. The number of fused-ring (bicyclic) bond motifs is 1. The lowest BCUT2D eigenvalue weighted by atomic mass is 10.2. The highest BCUT2D eigenvalue weighted by atomic mass is 35.5. The smallest absolute Gasteiger partial charge is 0.306 e. The van der Waals surface area contributed by atoms with Crippen LogP contribution in [0.1, 0.15) is 5.56 Å². The average Bonchev–Trinajstić information content (AvgIpc) is 2.79. The minimum Gasteiger partial charge on any atom is -0.306 e. The Morgan fingerprint density at radius 3 is 2.70 bits per heavy atom. The van der Waals surface area contributed by atoms with Gasteiger partial charge in [0, 0.05) is 11.8 Å². The minimum atomic E-state index is -0.237. The standard InChI is InChI=1S/C14H9Cl2N3O/c15-10-3-1-2-8(13(10)16)7-17-9-4-5-11-12(6-9)19-14(20)18-11/h1-7H,(H2,18,19,20). The number of benzene rings is 2. The van der Waals surface area contributed by atoms with Gasteiger partial charge in [0.25, 0.3) is 0 Å². The fraction of sp³-hybridized carbons (Fsp3) is 0. The Balaban J connectivity index is 1.97. The van der Waals surface area contributed by atoms with E-state index in [0.29, 0.717) is 21.2 Å². The maximum Gasteiger partial charge on any atom is 0.323 e. The summed E-state index contributed by atoms with van der Waals surface area (Å²) in [4.78, 5) is 20.9. The van der Waals surface area contributed by atoms with Crippen LogP contribution in [0.3, 0.4) is 0 Å². The molecule has 0 saturated heterocycles. The number of hydrogen-bond donors (Lipinski definition) is 2. The highest BCUT2D eigenvalue weighted by Crippen LogP contribution is 2.25. The first-order chi connectivity index (χ1) is 9.63. The number of rotatable bonds is 2. The van der Waals surface area contributed by atoms with E-state index in [1.54, 1.807) is 30.5 Å². The van der Waals surface area contributed by atoms with Crippen LogP contribution in [0, 0.1) is 0 Å². The normalized spacial score (nSPS) is 11.5. The molecule has 20 heavy (non-hydrogen) atoms. The van der Waals surface area contributed by atoms with Gasteiger partial charge in [0.15, 0.2) is 0 Å². The molecule has 1 heterocycles. The number of imidazole rings is 1. The Hall–Kier alpha value is -2.04. The van der Waals surface area contributed by atoms with Crippen molar-refractivity contribution in [1.29, 1.82) is 0 Å². The highest BCUT2D eigenvalue weighted by Gasteiger charge is 2.02. The molecule has 100 valence electrons. The van der Waals surface area contributed by atoms with Gasteiger partial charge in [-0.05, 0) is 24.3 Å². The van der Waals surface area contributed by atoms with Gasteiger partial charge in [0.2, 0.25) is 0 Å². The van der Waals surface area contributed by atoms with Crippen molar-refractivity contribution in [1.82, 2.24) is 9.97 Å². The Kier molecular flexibility index (Phi) is 3.34. The molecule has 2 aromatic carbocycles. The minimum absolute atomic E-state index is 0.237. The van der Waals surface area contributed by atoms with Crippen LogP contribution < -0.4 is 5.69 Å². The number of aliphatic imine (C=N–C) groups is 1. The van der Waals surface area contributed by atoms with E-state index in [1.165, 1.54) is 0 Å². The second-order valence-electron chi connectivity index (χ2n) is 4.21. The number of aromatic amines is 2. The van der Waals surface area contributed by atoms with Crippen molar-refractivity contribution in [3.8, 4) is 0 Å². The Morgan fingerprint density at radius 2 is 1.85 bits per heavy atom. The van der Waals surface area contributed by atoms with Gasteiger partial charge in [0.1, 0.15) is 0 Å². The molecule has 0 aliphatic rings. The zero-order valence-electron chi connectivity index (χ0n) is 10.2. The highest BCUT2D eigenvalue weighted by molar-refractivity contribution is 6.43. The van der Waals surface area contributed by atoms with E-state index in [0.717, 1.165) is 11.1 Å². The predicted octanol–water partition coefficient (Wildman–Crippen LogP) is 3.91. The molecule has 0 radical (unpaired) electrons. The predicted molar refractivity (Wildman–Crippen MR) is 82.6 cm³/mol. The fourth-order valence-electron chi connectivity index (χ4n) is 1.87. The van der Waals surface area contributed by atoms with Gasteiger partial charge < -0.3 is 9.97 Å². The molecule has 0 atom stereocenters. The Morgan fingerprint density at radius 1 is 1.05 bits per heavy atom. The summed E-state index contributed by atoms with van der Waals surface area (Å²) < 4.78 is 0. The molecule has 2 N–H and O–H groups in total. The van der Waals surface area contributed by atoms with E-state index in [4.69, 9.17) is 23.2 Å².